The van der Waals surface area contributed by atoms with Gasteiger partial charge in [-0.15, -0.1) is 0 Å². The van der Waals surface area contributed by atoms with Crippen LogP contribution < -0.4 is 4.74 Å². The standard InChI is InChI=1S/C25H29N3O3/c1-4-31-21-10-8-19(9-11-21)22-23(27-14-17(2)13-18(3)15-27)25(30)28(24(22)29)16-20-7-5-6-12-26-20/h5-12,17-18H,4,13-16H2,1-3H3. The number of piperidine rings is 1. The normalized spacial score (nSPS) is 21.8. The van der Waals surface area contributed by atoms with E-state index in [0.717, 1.165) is 30.8 Å². The van der Waals surface area contributed by atoms with Crippen molar-refractivity contribution in [3.63, 3.8) is 0 Å². The summed E-state index contributed by atoms with van der Waals surface area (Å²) in [6, 6.07) is 13.0. The van der Waals surface area contributed by atoms with E-state index in [-0.39, 0.29) is 18.4 Å². The lowest BCUT2D eigenvalue weighted by Crippen LogP contribution is -2.41. The fraction of sp³-hybridized carbons (Fsp3) is 0.400. The summed E-state index contributed by atoms with van der Waals surface area (Å²) in [4.78, 5) is 34.8. The maximum atomic E-state index is 13.5. The Bertz CT molecular complexity index is 975. The second-order valence-electron chi connectivity index (χ2n) is 8.55. The van der Waals surface area contributed by atoms with Crippen LogP contribution in [0.5, 0.6) is 5.75 Å². The number of rotatable bonds is 6. The molecule has 1 fully saturated rings. The fourth-order valence-electron chi connectivity index (χ4n) is 4.64. The average molecular weight is 420 g/mol. The number of ether oxygens (including phenoxy) is 1. The van der Waals surface area contributed by atoms with E-state index in [2.05, 4.69) is 23.7 Å². The molecular weight excluding hydrogens is 390 g/mol. The summed E-state index contributed by atoms with van der Waals surface area (Å²) in [7, 11) is 0. The minimum absolute atomic E-state index is 0.168. The lowest BCUT2D eigenvalue weighted by Gasteiger charge is -2.37. The molecule has 162 valence electrons. The van der Waals surface area contributed by atoms with Gasteiger partial charge in [0.1, 0.15) is 11.4 Å². The van der Waals surface area contributed by atoms with Crippen LogP contribution in [0.15, 0.2) is 54.4 Å². The number of benzene rings is 1. The van der Waals surface area contributed by atoms with Crippen LogP contribution in [-0.4, -0.2) is 46.3 Å². The number of imide groups is 1. The van der Waals surface area contributed by atoms with Gasteiger partial charge in [-0.1, -0.05) is 32.0 Å². The first-order chi connectivity index (χ1) is 15.0. The van der Waals surface area contributed by atoms with E-state index in [1.807, 2.05) is 49.4 Å². The first kappa shape index (κ1) is 21.1. The number of likely N-dealkylation sites (tertiary alicyclic amines) is 1. The molecule has 4 rings (SSSR count). The molecule has 2 atom stereocenters. The Morgan fingerprint density at radius 2 is 1.71 bits per heavy atom. The van der Waals surface area contributed by atoms with Crippen LogP contribution in [-0.2, 0) is 16.1 Å². The van der Waals surface area contributed by atoms with Crippen molar-refractivity contribution >= 4 is 17.4 Å². The minimum Gasteiger partial charge on any atom is -0.494 e. The number of carbonyl (C=O) groups excluding carboxylic acids is 2. The highest BCUT2D eigenvalue weighted by atomic mass is 16.5. The Kier molecular flexibility index (Phi) is 6.07. The first-order valence-corrected chi connectivity index (χ1v) is 11.0. The van der Waals surface area contributed by atoms with Gasteiger partial charge in [0.15, 0.2) is 0 Å². The molecule has 2 amide bonds. The zero-order valence-electron chi connectivity index (χ0n) is 18.4. The number of hydrogen-bond donors (Lipinski definition) is 0. The van der Waals surface area contributed by atoms with E-state index < -0.39 is 0 Å². The average Bonchev–Trinajstić information content (AvgIpc) is 2.99. The highest BCUT2D eigenvalue weighted by Crippen LogP contribution is 2.36. The molecule has 2 aliphatic heterocycles. The third-order valence-electron chi connectivity index (χ3n) is 5.83. The summed E-state index contributed by atoms with van der Waals surface area (Å²) < 4.78 is 5.55. The van der Waals surface area contributed by atoms with Gasteiger partial charge >= 0.3 is 0 Å². The fourth-order valence-corrected chi connectivity index (χ4v) is 4.64. The summed E-state index contributed by atoms with van der Waals surface area (Å²) in [6.07, 6.45) is 2.80. The predicted octanol–water partition coefficient (Wildman–Crippen LogP) is 3.74. The van der Waals surface area contributed by atoms with Crippen molar-refractivity contribution < 1.29 is 14.3 Å². The summed E-state index contributed by atoms with van der Waals surface area (Å²) >= 11 is 0. The van der Waals surface area contributed by atoms with Crippen LogP contribution in [0.2, 0.25) is 0 Å². The first-order valence-electron chi connectivity index (χ1n) is 11.0. The van der Waals surface area contributed by atoms with Gasteiger partial charge in [0.05, 0.1) is 24.4 Å². The molecule has 2 aromatic rings. The minimum atomic E-state index is -0.263. The van der Waals surface area contributed by atoms with Gasteiger partial charge in [0.2, 0.25) is 0 Å². The Labute approximate surface area is 183 Å². The van der Waals surface area contributed by atoms with Gasteiger partial charge in [-0.2, -0.15) is 0 Å². The smallest absolute Gasteiger partial charge is 0.278 e. The van der Waals surface area contributed by atoms with Gasteiger partial charge < -0.3 is 9.64 Å². The van der Waals surface area contributed by atoms with Crippen LogP contribution in [0.4, 0.5) is 0 Å². The van der Waals surface area contributed by atoms with Crippen molar-refractivity contribution in [3.8, 4) is 5.75 Å². The quantitative estimate of drug-likeness (QED) is 0.668. The van der Waals surface area contributed by atoms with Gasteiger partial charge in [-0.3, -0.25) is 19.5 Å². The molecule has 3 heterocycles. The molecule has 0 aliphatic carbocycles. The van der Waals surface area contributed by atoms with E-state index in [9.17, 15) is 9.59 Å². The van der Waals surface area contributed by atoms with Crippen LogP contribution in [0.3, 0.4) is 0 Å². The third kappa shape index (κ3) is 4.33. The van der Waals surface area contributed by atoms with Gasteiger partial charge in [0.25, 0.3) is 11.8 Å². The summed E-state index contributed by atoms with van der Waals surface area (Å²) in [5, 5.41) is 0. The van der Waals surface area contributed by atoms with E-state index >= 15 is 0 Å². The SMILES string of the molecule is CCOc1ccc(C2=C(N3CC(C)CC(C)C3)C(=O)N(Cc3ccccn3)C2=O)cc1. The zero-order valence-corrected chi connectivity index (χ0v) is 18.4. The van der Waals surface area contributed by atoms with Gasteiger partial charge in [0, 0.05) is 19.3 Å². The van der Waals surface area contributed by atoms with Crippen LogP contribution in [0.1, 0.15) is 38.4 Å². The van der Waals surface area contributed by atoms with Gasteiger partial charge in [-0.25, -0.2) is 0 Å². The Hall–Kier alpha value is -3.15. The summed E-state index contributed by atoms with van der Waals surface area (Å²) in [5.74, 6) is 1.17. The number of pyridine rings is 1. The van der Waals surface area contributed by atoms with E-state index in [1.54, 1.807) is 6.20 Å². The molecule has 0 spiro atoms. The highest BCUT2D eigenvalue weighted by molar-refractivity contribution is 6.35. The van der Waals surface area contributed by atoms with Gasteiger partial charge in [-0.05, 0) is 55.0 Å². The van der Waals surface area contributed by atoms with Crippen molar-refractivity contribution in [2.45, 2.75) is 33.7 Å². The summed E-state index contributed by atoms with van der Waals surface area (Å²) in [5.41, 5.74) is 2.43. The number of hydrogen-bond acceptors (Lipinski definition) is 5. The van der Waals surface area contributed by atoms with Crippen molar-refractivity contribution in [1.29, 1.82) is 0 Å². The van der Waals surface area contributed by atoms with Crippen LogP contribution >= 0.6 is 0 Å². The monoisotopic (exact) mass is 419 g/mol. The second-order valence-corrected chi connectivity index (χ2v) is 8.55. The highest BCUT2D eigenvalue weighted by Gasteiger charge is 2.43. The molecule has 1 saturated heterocycles. The molecule has 0 bridgehead atoms. The molecule has 0 radical (unpaired) electrons. The Balaban J connectivity index is 1.73. The van der Waals surface area contributed by atoms with E-state index in [4.69, 9.17) is 4.74 Å². The Morgan fingerprint density at radius 1 is 1.00 bits per heavy atom. The molecule has 0 saturated carbocycles. The predicted molar refractivity (Wildman–Crippen MR) is 119 cm³/mol. The lowest BCUT2D eigenvalue weighted by atomic mass is 9.91. The molecular formula is C25H29N3O3. The molecule has 2 unspecified atom stereocenters. The van der Waals surface area contributed by atoms with E-state index in [1.165, 1.54) is 4.90 Å². The Morgan fingerprint density at radius 3 is 2.32 bits per heavy atom. The number of carbonyl (C=O) groups is 2. The molecule has 2 aliphatic rings. The van der Waals surface area contributed by atoms with Crippen LogP contribution in [0, 0.1) is 11.8 Å². The van der Waals surface area contributed by atoms with Crippen molar-refractivity contribution in [3.05, 3.63) is 65.6 Å². The van der Waals surface area contributed by atoms with Crippen molar-refractivity contribution in [2.75, 3.05) is 19.7 Å². The maximum absolute atomic E-state index is 13.5. The molecule has 1 aromatic carbocycles. The molecule has 1 aromatic heterocycles. The zero-order chi connectivity index (χ0) is 22.0. The second kappa shape index (κ2) is 8.92. The molecule has 31 heavy (non-hydrogen) atoms. The van der Waals surface area contributed by atoms with Crippen molar-refractivity contribution in [1.82, 2.24) is 14.8 Å². The largest absolute Gasteiger partial charge is 0.494 e. The van der Waals surface area contributed by atoms with E-state index in [0.29, 0.717) is 35.4 Å². The number of aromatic nitrogens is 1. The molecule has 6 nitrogen and oxygen atoms in total. The maximum Gasteiger partial charge on any atom is 0.278 e. The summed E-state index contributed by atoms with van der Waals surface area (Å²) in [6.45, 7) is 8.63. The van der Waals surface area contributed by atoms with Crippen LogP contribution in [0.25, 0.3) is 5.57 Å². The third-order valence-corrected chi connectivity index (χ3v) is 5.83. The van der Waals surface area contributed by atoms with Crippen molar-refractivity contribution in [2.24, 2.45) is 11.8 Å². The topological polar surface area (TPSA) is 62.7 Å². The molecule has 0 N–H and O–H groups in total. The molecule has 6 heteroatoms. The number of nitrogens with zero attached hydrogens (tertiary/aromatic N) is 3. The number of amides is 2. The lowest BCUT2D eigenvalue weighted by molar-refractivity contribution is -0.138.